The van der Waals surface area contributed by atoms with Gasteiger partial charge in [0.15, 0.2) is 0 Å². The molecule has 4 heteroatoms. The molecule has 0 spiro atoms. The van der Waals surface area contributed by atoms with Gasteiger partial charge in [-0.2, -0.15) is 0 Å². The van der Waals surface area contributed by atoms with E-state index in [1.54, 1.807) is 0 Å². The molecule has 18 heavy (non-hydrogen) atoms. The standard InChI is InChI=1S/C14H17NO3/c1-14(2,9-6-4-3-5-7-9)15-12(16)10-8-11(10)13(17)18/h3-7,10-11H,8H2,1-2H3,(H,15,16)(H,17,18). The number of hydrogen-bond acceptors (Lipinski definition) is 2. The molecule has 2 unspecified atom stereocenters. The Balaban J connectivity index is 2.01. The molecule has 0 radical (unpaired) electrons. The fourth-order valence-electron chi connectivity index (χ4n) is 2.09. The van der Waals surface area contributed by atoms with Gasteiger partial charge in [0.1, 0.15) is 0 Å². The maximum absolute atomic E-state index is 11.9. The molecule has 0 aliphatic heterocycles. The van der Waals surface area contributed by atoms with Gasteiger partial charge in [-0.3, -0.25) is 9.59 Å². The SMILES string of the molecule is CC(C)(NC(=O)C1CC1C(=O)O)c1ccccc1. The van der Waals surface area contributed by atoms with E-state index in [9.17, 15) is 9.59 Å². The second-order valence-corrected chi connectivity index (χ2v) is 5.27. The number of hydrogen-bond donors (Lipinski definition) is 2. The quantitative estimate of drug-likeness (QED) is 0.852. The van der Waals surface area contributed by atoms with Crippen LogP contribution in [0.4, 0.5) is 0 Å². The summed E-state index contributed by atoms with van der Waals surface area (Å²) in [5, 5.41) is 11.7. The second kappa shape index (κ2) is 4.44. The normalized spacial score (nSPS) is 22.3. The Morgan fingerprint density at radius 1 is 1.22 bits per heavy atom. The maximum Gasteiger partial charge on any atom is 0.307 e. The third-order valence-electron chi connectivity index (χ3n) is 3.38. The minimum Gasteiger partial charge on any atom is -0.481 e. The lowest BCUT2D eigenvalue weighted by Crippen LogP contribution is -2.42. The fourth-order valence-corrected chi connectivity index (χ4v) is 2.09. The first-order valence-corrected chi connectivity index (χ1v) is 6.02. The van der Waals surface area contributed by atoms with Crippen molar-refractivity contribution in [2.75, 3.05) is 0 Å². The zero-order valence-electron chi connectivity index (χ0n) is 10.5. The molecule has 1 aromatic rings. The molecule has 1 saturated carbocycles. The first kappa shape index (κ1) is 12.6. The van der Waals surface area contributed by atoms with Gasteiger partial charge in [0.05, 0.1) is 17.4 Å². The van der Waals surface area contributed by atoms with E-state index in [1.807, 2.05) is 44.2 Å². The molecular weight excluding hydrogens is 230 g/mol. The van der Waals surface area contributed by atoms with Gasteiger partial charge in [-0.15, -0.1) is 0 Å². The number of carbonyl (C=O) groups is 2. The van der Waals surface area contributed by atoms with Crippen molar-refractivity contribution >= 4 is 11.9 Å². The molecule has 4 nitrogen and oxygen atoms in total. The van der Waals surface area contributed by atoms with Crippen LogP contribution in [0.15, 0.2) is 30.3 Å². The minimum atomic E-state index is -0.882. The van der Waals surface area contributed by atoms with Crippen molar-refractivity contribution in [3.8, 4) is 0 Å². The van der Waals surface area contributed by atoms with E-state index in [2.05, 4.69) is 5.32 Å². The molecule has 1 fully saturated rings. The molecule has 0 bridgehead atoms. The van der Waals surface area contributed by atoms with Crippen LogP contribution >= 0.6 is 0 Å². The van der Waals surface area contributed by atoms with E-state index in [1.165, 1.54) is 0 Å². The molecule has 1 amide bonds. The number of rotatable bonds is 4. The Bertz CT molecular complexity index is 467. The Morgan fingerprint density at radius 2 is 1.83 bits per heavy atom. The first-order chi connectivity index (χ1) is 8.42. The van der Waals surface area contributed by atoms with Crippen molar-refractivity contribution in [1.29, 1.82) is 0 Å². The number of benzene rings is 1. The van der Waals surface area contributed by atoms with Gasteiger partial charge in [-0.05, 0) is 25.8 Å². The van der Waals surface area contributed by atoms with Gasteiger partial charge in [0.2, 0.25) is 5.91 Å². The summed E-state index contributed by atoms with van der Waals surface area (Å²) in [7, 11) is 0. The zero-order valence-corrected chi connectivity index (χ0v) is 10.5. The highest BCUT2D eigenvalue weighted by molar-refractivity contribution is 5.89. The Kier molecular flexibility index (Phi) is 3.11. The molecule has 96 valence electrons. The lowest BCUT2D eigenvalue weighted by molar-refractivity contribution is -0.140. The van der Waals surface area contributed by atoms with Crippen LogP contribution in [0.3, 0.4) is 0 Å². The van der Waals surface area contributed by atoms with Gasteiger partial charge in [0, 0.05) is 0 Å². The molecule has 0 saturated heterocycles. The molecular formula is C14H17NO3. The average molecular weight is 247 g/mol. The molecule has 1 aliphatic carbocycles. The molecule has 0 heterocycles. The first-order valence-electron chi connectivity index (χ1n) is 6.02. The van der Waals surface area contributed by atoms with E-state index in [0.717, 1.165) is 5.56 Å². The van der Waals surface area contributed by atoms with E-state index < -0.39 is 17.4 Å². The summed E-state index contributed by atoms with van der Waals surface area (Å²) in [5.41, 5.74) is 0.523. The van der Waals surface area contributed by atoms with Crippen LogP contribution in [0.5, 0.6) is 0 Å². The minimum absolute atomic E-state index is 0.170. The number of amides is 1. The number of aliphatic carboxylic acids is 1. The predicted octanol–water partition coefficient (Wildman–Crippen LogP) is 1.76. The highest BCUT2D eigenvalue weighted by Crippen LogP contribution is 2.39. The Morgan fingerprint density at radius 3 is 2.33 bits per heavy atom. The summed E-state index contributed by atoms with van der Waals surface area (Å²) in [6.45, 7) is 3.83. The van der Waals surface area contributed by atoms with Crippen molar-refractivity contribution in [2.24, 2.45) is 11.8 Å². The van der Waals surface area contributed by atoms with Gasteiger partial charge in [-0.25, -0.2) is 0 Å². The second-order valence-electron chi connectivity index (χ2n) is 5.27. The summed E-state index contributed by atoms with van der Waals surface area (Å²) in [4.78, 5) is 22.7. The number of carboxylic acids is 1. The summed E-state index contributed by atoms with van der Waals surface area (Å²) in [5.74, 6) is -1.93. The van der Waals surface area contributed by atoms with Crippen LogP contribution in [0.25, 0.3) is 0 Å². The van der Waals surface area contributed by atoms with Crippen LogP contribution in [-0.4, -0.2) is 17.0 Å². The summed E-state index contributed by atoms with van der Waals surface area (Å²) in [6.07, 6.45) is 0.450. The van der Waals surface area contributed by atoms with Gasteiger partial charge >= 0.3 is 5.97 Å². The van der Waals surface area contributed by atoms with Crippen LogP contribution < -0.4 is 5.32 Å². The van der Waals surface area contributed by atoms with E-state index in [4.69, 9.17) is 5.11 Å². The van der Waals surface area contributed by atoms with Crippen molar-refractivity contribution in [3.63, 3.8) is 0 Å². The highest BCUT2D eigenvalue weighted by atomic mass is 16.4. The van der Waals surface area contributed by atoms with E-state index in [0.29, 0.717) is 6.42 Å². The van der Waals surface area contributed by atoms with Gasteiger partial charge in [0.25, 0.3) is 0 Å². The van der Waals surface area contributed by atoms with Crippen molar-refractivity contribution < 1.29 is 14.7 Å². The highest BCUT2D eigenvalue weighted by Gasteiger charge is 2.49. The summed E-state index contributed by atoms with van der Waals surface area (Å²) < 4.78 is 0. The van der Waals surface area contributed by atoms with E-state index in [-0.39, 0.29) is 11.8 Å². The third kappa shape index (κ3) is 2.53. The fraction of sp³-hybridized carbons (Fsp3) is 0.429. The zero-order chi connectivity index (χ0) is 13.3. The maximum atomic E-state index is 11.9. The van der Waals surface area contributed by atoms with E-state index >= 15 is 0 Å². The van der Waals surface area contributed by atoms with Crippen molar-refractivity contribution in [3.05, 3.63) is 35.9 Å². The molecule has 2 rings (SSSR count). The Labute approximate surface area is 106 Å². The number of carboxylic acid groups (broad SMARTS) is 1. The number of nitrogens with one attached hydrogen (secondary N) is 1. The lowest BCUT2D eigenvalue weighted by Gasteiger charge is -2.27. The van der Waals surface area contributed by atoms with Crippen molar-refractivity contribution in [1.82, 2.24) is 5.32 Å². The largest absolute Gasteiger partial charge is 0.481 e. The molecule has 2 N–H and O–H groups in total. The van der Waals surface area contributed by atoms with Crippen molar-refractivity contribution in [2.45, 2.75) is 25.8 Å². The van der Waals surface area contributed by atoms with Crippen LogP contribution in [0.2, 0.25) is 0 Å². The molecule has 0 aromatic heterocycles. The summed E-state index contributed by atoms with van der Waals surface area (Å²) in [6, 6.07) is 9.65. The third-order valence-corrected chi connectivity index (χ3v) is 3.38. The Hall–Kier alpha value is -1.84. The van der Waals surface area contributed by atoms with Gasteiger partial charge < -0.3 is 10.4 Å². The molecule has 2 atom stereocenters. The predicted molar refractivity (Wildman–Crippen MR) is 66.8 cm³/mol. The summed E-state index contributed by atoms with van der Waals surface area (Å²) >= 11 is 0. The average Bonchev–Trinajstić information content (AvgIpc) is 3.09. The van der Waals surface area contributed by atoms with Crippen LogP contribution in [-0.2, 0) is 15.1 Å². The smallest absolute Gasteiger partial charge is 0.307 e. The molecule has 1 aliphatic rings. The monoisotopic (exact) mass is 247 g/mol. The topological polar surface area (TPSA) is 66.4 Å². The lowest BCUT2D eigenvalue weighted by atomic mass is 9.94. The van der Waals surface area contributed by atoms with Gasteiger partial charge in [-0.1, -0.05) is 30.3 Å². The van der Waals surface area contributed by atoms with Crippen LogP contribution in [0, 0.1) is 11.8 Å². The molecule has 1 aromatic carbocycles. The number of carbonyl (C=O) groups excluding carboxylic acids is 1. The van der Waals surface area contributed by atoms with Crippen LogP contribution in [0.1, 0.15) is 25.8 Å².